The molecule has 1 heterocycles. The molecule has 76 valence electrons. The van der Waals surface area contributed by atoms with Gasteiger partial charge in [-0.2, -0.15) is 0 Å². The monoisotopic (exact) mass is 182 g/mol. The minimum absolute atomic E-state index is 0.607. The molecule has 2 heteroatoms. The molecule has 2 atom stereocenters. The van der Waals surface area contributed by atoms with E-state index >= 15 is 0 Å². The Kier molecular flexibility index (Phi) is 2.37. The number of likely N-dealkylation sites (N-methyl/N-ethyl adjacent to an activating group) is 1. The van der Waals surface area contributed by atoms with Crippen LogP contribution in [0.5, 0.6) is 0 Å². The van der Waals surface area contributed by atoms with E-state index in [1.54, 1.807) is 0 Å². The van der Waals surface area contributed by atoms with Crippen molar-refractivity contribution in [2.45, 2.75) is 45.2 Å². The van der Waals surface area contributed by atoms with Crippen molar-refractivity contribution in [3.63, 3.8) is 0 Å². The molecule has 0 radical (unpaired) electrons. The van der Waals surface area contributed by atoms with Crippen molar-refractivity contribution in [1.82, 2.24) is 10.2 Å². The largest absolute Gasteiger partial charge is 0.316 e. The molecule has 0 bridgehead atoms. The van der Waals surface area contributed by atoms with Gasteiger partial charge >= 0.3 is 0 Å². The Morgan fingerprint density at radius 3 is 2.62 bits per heavy atom. The smallest absolute Gasteiger partial charge is 0.0192 e. The third kappa shape index (κ3) is 1.89. The number of likely N-dealkylation sites (tertiary alicyclic amines) is 1. The van der Waals surface area contributed by atoms with Gasteiger partial charge in [0, 0.05) is 18.6 Å². The van der Waals surface area contributed by atoms with Gasteiger partial charge in [0.15, 0.2) is 0 Å². The van der Waals surface area contributed by atoms with Crippen LogP contribution in [-0.4, -0.2) is 37.1 Å². The highest BCUT2D eigenvalue weighted by Gasteiger charge is 2.49. The average molecular weight is 182 g/mol. The second-order valence-corrected chi connectivity index (χ2v) is 5.33. The second kappa shape index (κ2) is 3.25. The summed E-state index contributed by atoms with van der Waals surface area (Å²) in [7, 11) is 2.09. The molecule has 0 spiro atoms. The fourth-order valence-electron chi connectivity index (χ4n) is 2.59. The molecule has 0 aromatic carbocycles. The topological polar surface area (TPSA) is 15.3 Å². The van der Waals surface area contributed by atoms with Gasteiger partial charge in [-0.3, -0.25) is 4.90 Å². The highest BCUT2D eigenvalue weighted by atomic mass is 15.2. The van der Waals surface area contributed by atoms with Gasteiger partial charge in [-0.25, -0.2) is 0 Å². The lowest BCUT2D eigenvalue weighted by Gasteiger charge is -2.33. The number of nitrogens with zero attached hydrogens (tertiary/aromatic N) is 1. The Hall–Kier alpha value is -0.0800. The molecule has 1 aliphatic heterocycles. The summed E-state index contributed by atoms with van der Waals surface area (Å²) in [6.45, 7) is 7.37. The first-order valence-corrected chi connectivity index (χ1v) is 5.55. The minimum Gasteiger partial charge on any atom is -0.316 e. The maximum Gasteiger partial charge on any atom is 0.0192 e. The van der Waals surface area contributed by atoms with Gasteiger partial charge in [-0.1, -0.05) is 13.8 Å². The van der Waals surface area contributed by atoms with Crippen LogP contribution in [0.15, 0.2) is 0 Å². The van der Waals surface area contributed by atoms with Gasteiger partial charge < -0.3 is 5.32 Å². The van der Waals surface area contributed by atoms with Crippen molar-refractivity contribution >= 4 is 0 Å². The summed E-state index contributed by atoms with van der Waals surface area (Å²) in [5.41, 5.74) is 0.607. The summed E-state index contributed by atoms with van der Waals surface area (Å²) >= 11 is 0. The van der Waals surface area contributed by atoms with E-state index in [0.29, 0.717) is 5.41 Å². The highest BCUT2D eigenvalue weighted by Crippen LogP contribution is 2.49. The number of piperidine rings is 1. The number of rotatable bonds is 2. The molecule has 2 unspecified atom stereocenters. The van der Waals surface area contributed by atoms with Gasteiger partial charge in [0.05, 0.1) is 0 Å². The lowest BCUT2D eigenvalue weighted by molar-refractivity contribution is 0.169. The van der Waals surface area contributed by atoms with Crippen molar-refractivity contribution < 1.29 is 0 Å². The van der Waals surface area contributed by atoms with Crippen molar-refractivity contribution in [2.24, 2.45) is 5.41 Å². The summed E-state index contributed by atoms with van der Waals surface area (Å²) in [4.78, 5) is 2.69. The summed E-state index contributed by atoms with van der Waals surface area (Å²) in [5, 5.41) is 3.40. The molecule has 1 aliphatic carbocycles. The van der Waals surface area contributed by atoms with Crippen LogP contribution in [0.4, 0.5) is 0 Å². The third-order valence-electron chi connectivity index (χ3n) is 3.76. The van der Waals surface area contributed by atoms with Crippen LogP contribution in [0.3, 0.4) is 0 Å². The van der Waals surface area contributed by atoms with Crippen molar-refractivity contribution in [3.05, 3.63) is 0 Å². The first kappa shape index (κ1) is 9.47. The molecule has 0 amide bonds. The molecule has 0 aromatic rings. The van der Waals surface area contributed by atoms with Crippen molar-refractivity contribution in [1.29, 1.82) is 0 Å². The fourth-order valence-corrected chi connectivity index (χ4v) is 2.59. The predicted octanol–water partition coefficient (Wildman–Crippen LogP) is 1.47. The Labute approximate surface area is 81.7 Å². The maximum absolute atomic E-state index is 3.40. The van der Waals surface area contributed by atoms with E-state index in [1.807, 2.05) is 0 Å². The van der Waals surface area contributed by atoms with E-state index in [0.717, 1.165) is 12.1 Å². The Morgan fingerprint density at radius 1 is 1.38 bits per heavy atom. The molecule has 13 heavy (non-hydrogen) atoms. The summed E-state index contributed by atoms with van der Waals surface area (Å²) in [6.07, 6.45) is 4.14. The summed E-state index contributed by atoms with van der Waals surface area (Å²) in [6, 6.07) is 1.62. The van der Waals surface area contributed by atoms with E-state index in [1.165, 1.54) is 32.4 Å². The SMILES string of the molecule is CNC1CCCN(C2CC2(C)C)C1. The van der Waals surface area contributed by atoms with Gasteiger partial charge in [0.2, 0.25) is 0 Å². The number of hydrogen-bond acceptors (Lipinski definition) is 2. The van der Waals surface area contributed by atoms with E-state index in [2.05, 4.69) is 31.1 Å². The second-order valence-electron chi connectivity index (χ2n) is 5.33. The Bertz CT molecular complexity index is 189. The zero-order valence-corrected chi connectivity index (χ0v) is 9.14. The van der Waals surface area contributed by atoms with Gasteiger partial charge in [0.25, 0.3) is 0 Å². The standard InChI is InChI=1S/C11H22N2/c1-11(2)7-10(11)13-6-4-5-9(8-13)12-3/h9-10,12H,4-8H2,1-3H3. The molecule has 2 rings (SSSR count). The molecular weight excluding hydrogens is 160 g/mol. The van der Waals surface area contributed by atoms with Crippen LogP contribution in [0.25, 0.3) is 0 Å². The molecule has 0 aromatic heterocycles. The van der Waals surface area contributed by atoms with Gasteiger partial charge in [-0.05, 0) is 38.3 Å². The summed E-state index contributed by atoms with van der Waals surface area (Å²) < 4.78 is 0. The predicted molar refractivity (Wildman–Crippen MR) is 55.8 cm³/mol. The molecular formula is C11H22N2. The number of hydrogen-bond donors (Lipinski definition) is 1. The first-order chi connectivity index (χ1) is 6.13. The van der Waals surface area contributed by atoms with Crippen molar-refractivity contribution in [3.8, 4) is 0 Å². The van der Waals surface area contributed by atoms with Crippen LogP contribution in [0.2, 0.25) is 0 Å². The van der Waals surface area contributed by atoms with Crippen LogP contribution < -0.4 is 5.32 Å². The zero-order valence-electron chi connectivity index (χ0n) is 9.14. The molecule has 1 N–H and O–H groups in total. The molecule has 2 nitrogen and oxygen atoms in total. The van der Waals surface area contributed by atoms with Crippen LogP contribution >= 0.6 is 0 Å². The first-order valence-electron chi connectivity index (χ1n) is 5.55. The normalized spacial score (nSPS) is 39.0. The van der Waals surface area contributed by atoms with Crippen molar-refractivity contribution in [2.75, 3.05) is 20.1 Å². The van der Waals surface area contributed by atoms with Gasteiger partial charge in [0.1, 0.15) is 0 Å². The number of nitrogens with one attached hydrogen (secondary N) is 1. The summed E-state index contributed by atoms with van der Waals surface area (Å²) in [5.74, 6) is 0. The van der Waals surface area contributed by atoms with Gasteiger partial charge in [-0.15, -0.1) is 0 Å². The van der Waals surface area contributed by atoms with E-state index in [9.17, 15) is 0 Å². The van der Waals surface area contributed by atoms with E-state index in [4.69, 9.17) is 0 Å². The Morgan fingerprint density at radius 2 is 2.08 bits per heavy atom. The van der Waals surface area contributed by atoms with E-state index in [-0.39, 0.29) is 0 Å². The highest BCUT2D eigenvalue weighted by molar-refractivity contribution is 5.04. The van der Waals surface area contributed by atoms with Crippen LogP contribution in [-0.2, 0) is 0 Å². The zero-order chi connectivity index (χ0) is 9.47. The minimum atomic E-state index is 0.607. The van der Waals surface area contributed by atoms with Crippen LogP contribution in [0, 0.1) is 5.41 Å². The molecule has 2 fully saturated rings. The third-order valence-corrected chi connectivity index (χ3v) is 3.76. The average Bonchev–Trinajstić information content (AvgIpc) is 2.76. The van der Waals surface area contributed by atoms with E-state index < -0.39 is 0 Å². The quantitative estimate of drug-likeness (QED) is 0.695. The maximum atomic E-state index is 3.40. The lowest BCUT2D eigenvalue weighted by atomic mass is 10.0. The Balaban J connectivity index is 1.87. The molecule has 1 saturated carbocycles. The van der Waals surface area contributed by atoms with Crippen LogP contribution in [0.1, 0.15) is 33.1 Å². The lowest BCUT2D eigenvalue weighted by Crippen LogP contribution is -2.46. The molecule has 2 aliphatic rings. The fraction of sp³-hybridized carbons (Fsp3) is 1.00. The molecule has 1 saturated heterocycles.